The van der Waals surface area contributed by atoms with E-state index in [4.69, 9.17) is 0 Å². The number of hydrogen-bond acceptors (Lipinski definition) is 1. The van der Waals surface area contributed by atoms with Gasteiger partial charge in [0.15, 0.2) is 0 Å². The quantitative estimate of drug-likeness (QED) is 0.525. The average molecular weight is 357 g/mol. The molecule has 1 aliphatic rings. The number of allylic oxidation sites excluding steroid dienone is 8. The van der Waals surface area contributed by atoms with Crippen LogP contribution in [0.1, 0.15) is 17.5 Å². The summed E-state index contributed by atoms with van der Waals surface area (Å²) in [6, 6.07) is 6.28. The van der Waals surface area contributed by atoms with E-state index in [2.05, 4.69) is 25.3 Å². The molecule has 0 aliphatic heterocycles. The summed E-state index contributed by atoms with van der Waals surface area (Å²) in [7, 11) is 1.84. The van der Waals surface area contributed by atoms with Gasteiger partial charge in [0.25, 0.3) is 0 Å². The number of nitrogens with zero attached hydrogens (tertiary/aromatic N) is 1. The third kappa shape index (κ3) is 6.28. The lowest BCUT2D eigenvalue weighted by Gasteiger charge is -2.18. The molecule has 4 heteroatoms. The van der Waals surface area contributed by atoms with Crippen LogP contribution >= 0.6 is 0 Å². The molecular weight excluding hydrogens is 335 g/mol. The van der Waals surface area contributed by atoms with Gasteiger partial charge in [-0.15, -0.1) is 0 Å². The second kappa shape index (κ2) is 8.56. The number of halogens is 3. The fourth-order valence-corrected chi connectivity index (χ4v) is 2.40. The Labute approximate surface area is 152 Å². The second-order valence-electron chi connectivity index (χ2n) is 6.14. The van der Waals surface area contributed by atoms with Crippen molar-refractivity contribution in [1.82, 2.24) is 4.90 Å². The van der Waals surface area contributed by atoms with Crippen molar-refractivity contribution >= 4 is 5.70 Å². The van der Waals surface area contributed by atoms with Gasteiger partial charge in [-0.3, -0.25) is 0 Å². The number of hydrogen-bond donors (Lipinski definition) is 0. The first-order chi connectivity index (χ1) is 12.2. The lowest BCUT2D eigenvalue weighted by atomic mass is 10.1. The van der Waals surface area contributed by atoms with Crippen LogP contribution in [0.4, 0.5) is 13.2 Å². The molecule has 1 nitrogen and oxygen atoms in total. The molecule has 0 saturated carbocycles. The van der Waals surface area contributed by atoms with Crippen molar-refractivity contribution in [3.8, 4) is 0 Å². The van der Waals surface area contributed by atoms with Crippen LogP contribution in [0, 0.1) is 0 Å². The summed E-state index contributed by atoms with van der Waals surface area (Å²) in [6.07, 6.45) is 9.66. The van der Waals surface area contributed by atoms with Crippen molar-refractivity contribution in [2.24, 2.45) is 0 Å². The minimum absolute atomic E-state index is 0.237. The Morgan fingerprint density at radius 2 is 1.85 bits per heavy atom. The van der Waals surface area contributed by atoms with Crippen LogP contribution in [0.3, 0.4) is 0 Å². The van der Waals surface area contributed by atoms with Gasteiger partial charge in [-0.05, 0) is 34.8 Å². The zero-order valence-corrected chi connectivity index (χ0v) is 14.8. The molecule has 2 rings (SSSR count). The molecule has 1 aromatic carbocycles. The first-order valence-electron chi connectivity index (χ1n) is 8.23. The molecule has 0 atom stereocenters. The van der Waals surface area contributed by atoms with E-state index in [9.17, 15) is 13.2 Å². The lowest BCUT2D eigenvalue weighted by Crippen LogP contribution is -2.12. The van der Waals surface area contributed by atoms with Crippen molar-refractivity contribution in [1.29, 1.82) is 0 Å². The highest BCUT2D eigenvalue weighted by Gasteiger charge is 2.27. The summed E-state index contributed by atoms with van der Waals surface area (Å²) in [5.74, 6) is 0. The van der Waals surface area contributed by atoms with E-state index < -0.39 is 12.6 Å². The minimum Gasteiger partial charge on any atom is -0.351 e. The molecule has 1 aromatic rings. The van der Waals surface area contributed by atoms with Crippen molar-refractivity contribution < 1.29 is 13.2 Å². The van der Waals surface area contributed by atoms with Crippen LogP contribution in [0.15, 0.2) is 91.2 Å². The standard InChI is InChI=1S/C22H22F3N/c1-17(8-9-19-6-4-5-7-19)14-15-26(3)18(2)21-12-10-20(11-13-21)16-22(23,24)25/h4-6,8-15H,1-2,7,16H2,3H3/b9-8+,15-14-. The molecule has 0 heterocycles. The van der Waals surface area contributed by atoms with E-state index in [1.165, 1.54) is 17.7 Å². The number of alkyl halides is 3. The van der Waals surface area contributed by atoms with Crippen molar-refractivity contribution in [2.45, 2.75) is 19.0 Å². The number of benzene rings is 1. The molecule has 0 bridgehead atoms. The van der Waals surface area contributed by atoms with Crippen LogP contribution in [-0.4, -0.2) is 18.1 Å². The minimum atomic E-state index is -4.20. The van der Waals surface area contributed by atoms with E-state index in [1.807, 2.05) is 42.5 Å². The van der Waals surface area contributed by atoms with E-state index in [1.54, 1.807) is 12.1 Å². The maximum atomic E-state index is 12.4. The molecule has 1 aliphatic carbocycles. The molecule has 0 saturated heterocycles. The number of rotatable bonds is 7. The maximum Gasteiger partial charge on any atom is 0.393 e. The fourth-order valence-electron chi connectivity index (χ4n) is 2.40. The first kappa shape index (κ1) is 19.6. The Bertz CT molecular complexity index is 775. The molecule has 0 aromatic heterocycles. The predicted octanol–water partition coefficient (Wildman–Crippen LogP) is 6.21. The largest absolute Gasteiger partial charge is 0.393 e. The van der Waals surface area contributed by atoms with Gasteiger partial charge in [0, 0.05) is 18.9 Å². The topological polar surface area (TPSA) is 3.24 Å². The summed E-state index contributed by atoms with van der Waals surface area (Å²) < 4.78 is 37.2. The fraction of sp³-hybridized carbons (Fsp3) is 0.182. The van der Waals surface area contributed by atoms with E-state index in [0.29, 0.717) is 5.70 Å². The Balaban J connectivity index is 1.92. The van der Waals surface area contributed by atoms with E-state index >= 15 is 0 Å². The smallest absolute Gasteiger partial charge is 0.351 e. The summed E-state index contributed by atoms with van der Waals surface area (Å²) >= 11 is 0. The maximum absolute atomic E-state index is 12.4. The van der Waals surface area contributed by atoms with Gasteiger partial charge >= 0.3 is 6.18 Å². The molecule has 0 fully saturated rings. The van der Waals surface area contributed by atoms with Crippen molar-refractivity contribution in [3.63, 3.8) is 0 Å². The van der Waals surface area contributed by atoms with Gasteiger partial charge < -0.3 is 4.90 Å². The zero-order chi connectivity index (χ0) is 19.2. The molecule has 0 amide bonds. The normalized spacial score (nSPS) is 14.2. The molecular formula is C22H22F3N. The lowest BCUT2D eigenvalue weighted by molar-refractivity contribution is -0.127. The SMILES string of the molecule is C=C(/C=C\N(C)C(=C)c1ccc(CC(F)(F)F)cc1)/C=C/C1=CC=CC1. The van der Waals surface area contributed by atoms with Gasteiger partial charge in [-0.1, -0.05) is 67.8 Å². The molecule has 26 heavy (non-hydrogen) atoms. The third-order valence-electron chi connectivity index (χ3n) is 3.94. The Hall–Kier alpha value is -2.75. The van der Waals surface area contributed by atoms with Crippen LogP contribution in [0.2, 0.25) is 0 Å². The van der Waals surface area contributed by atoms with Gasteiger partial charge in [0.2, 0.25) is 0 Å². The molecule has 136 valence electrons. The highest BCUT2D eigenvalue weighted by molar-refractivity contribution is 5.62. The molecule has 0 N–H and O–H groups in total. The van der Waals surface area contributed by atoms with Crippen molar-refractivity contribution in [2.75, 3.05) is 7.05 Å². The average Bonchev–Trinajstić information content (AvgIpc) is 3.10. The summed E-state index contributed by atoms with van der Waals surface area (Å²) in [6.45, 7) is 7.98. The highest BCUT2D eigenvalue weighted by atomic mass is 19.4. The van der Waals surface area contributed by atoms with Gasteiger partial charge in [-0.25, -0.2) is 0 Å². The van der Waals surface area contributed by atoms with Crippen molar-refractivity contribution in [3.05, 3.63) is 102 Å². The summed E-state index contributed by atoms with van der Waals surface area (Å²) in [5, 5.41) is 0. The van der Waals surface area contributed by atoms with E-state index in [-0.39, 0.29) is 5.56 Å². The van der Waals surface area contributed by atoms with Gasteiger partial charge in [-0.2, -0.15) is 13.2 Å². The Morgan fingerprint density at radius 3 is 2.42 bits per heavy atom. The van der Waals surface area contributed by atoms with Gasteiger partial charge in [0.1, 0.15) is 0 Å². The Morgan fingerprint density at radius 1 is 1.15 bits per heavy atom. The van der Waals surface area contributed by atoms with Crippen LogP contribution < -0.4 is 0 Å². The van der Waals surface area contributed by atoms with Gasteiger partial charge in [0.05, 0.1) is 6.42 Å². The molecule has 0 unspecified atom stereocenters. The monoisotopic (exact) mass is 357 g/mol. The third-order valence-corrected chi connectivity index (χ3v) is 3.94. The second-order valence-corrected chi connectivity index (χ2v) is 6.14. The van der Waals surface area contributed by atoms with Crippen LogP contribution in [-0.2, 0) is 6.42 Å². The Kier molecular flexibility index (Phi) is 6.45. The van der Waals surface area contributed by atoms with Crippen LogP contribution in [0.5, 0.6) is 0 Å². The summed E-state index contributed by atoms with van der Waals surface area (Å²) in [4.78, 5) is 1.81. The van der Waals surface area contributed by atoms with E-state index in [0.717, 1.165) is 17.6 Å². The molecule has 0 spiro atoms. The van der Waals surface area contributed by atoms with Crippen LogP contribution in [0.25, 0.3) is 5.70 Å². The summed E-state index contributed by atoms with van der Waals surface area (Å²) in [5.41, 5.74) is 3.78. The highest BCUT2D eigenvalue weighted by Crippen LogP contribution is 2.23. The first-order valence-corrected chi connectivity index (χ1v) is 8.23. The predicted molar refractivity (Wildman–Crippen MR) is 102 cm³/mol. The zero-order valence-electron chi connectivity index (χ0n) is 14.8. The molecule has 0 radical (unpaired) electrons.